The van der Waals surface area contributed by atoms with Gasteiger partial charge in [-0.1, -0.05) is 44.2 Å². The van der Waals surface area contributed by atoms with Gasteiger partial charge in [0.2, 0.25) is 10.0 Å². The Morgan fingerprint density at radius 2 is 1.52 bits per heavy atom. The van der Waals surface area contributed by atoms with Gasteiger partial charge in [-0.15, -0.1) is 0 Å². The molecule has 12 nitrogen and oxygen atoms in total. The number of carbonyl (C=O) groups excluding carboxylic acids is 1. The Kier molecular flexibility index (Phi) is 11.5. The van der Waals surface area contributed by atoms with Crippen LogP contribution < -0.4 is 14.8 Å². The summed E-state index contributed by atoms with van der Waals surface area (Å²) in [7, 11) is -4.00. The van der Waals surface area contributed by atoms with Crippen LogP contribution in [0.1, 0.15) is 71.8 Å². The molecule has 0 aliphatic carbocycles. The van der Waals surface area contributed by atoms with E-state index in [1.165, 1.54) is 6.07 Å². The fraction of sp³-hybridized carbons (Fsp3) is 0.239. The van der Waals surface area contributed by atoms with Gasteiger partial charge < -0.3 is 29.6 Å². The van der Waals surface area contributed by atoms with Crippen molar-refractivity contribution in [1.82, 2.24) is 24.8 Å². The standard InChI is InChI=1S/C26H30F2N2O3.C20H15N5O2S/c1-18(2)17-26(32)11-14-29(15-12-26)24(31)21-10-9-20(16-23(21)33-25(27)28)30-13-5-7-19-6-3-4-8-22(19)30;21-28(26,27)20-18-7-5-16(24-18)10-14-3-1-12(22-14)9-13-2-4-15(23-13)11-17-6-8-19(20)25-17/h3-10,16,18,25,32H,11-15,17H2,1-2H3;1-11,22,24H,(H2,21,26,27). The number of amides is 1. The van der Waals surface area contributed by atoms with E-state index in [0.717, 1.165) is 39.2 Å². The number of sulfonamides is 1. The maximum Gasteiger partial charge on any atom is 0.387 e. The lowest BCUT2D eigenvalue weighted by Crippen LogP contribution is -2.47. The first-order valence-electron chi connectivity index (χ1n) is 19.9. The fourth-order valence-electron chi connectivity index (χ4n) is 8.09. The van der Waals surface area contributed by atoms with E-state index in [-0.39, 0.29) is 27.8 Å². The third kappa shape index (κ3) is 9.49. The number of piperidine rings is 1. The van der Waals surface area contributed by atoms with Crippen LogP contribution in [0, 0.1) is 5.92 Å². The summed E-state index contributed by atoms with van der Waals surface area (Å²) in [6, 6.07) is 25.7. The van der Waals surface area contributed by atoms with Crippen LogP contribution in [0.25, 0.3) is 52.4 Å². The van der Waals surface area contributed by atoms with Gasteiger partial charge >= 0.3 is 6.61 Å². The lowest BCUT2D eigenvalue weighted by molar-refractivity contribution is -0.0505. The number of ether oxygens (including phenoxy) is 1. The molecule has 0 atom stereocenters. The Balaban J connectivity index is 0.000000170. The van der Waals surface area contributed by atoms with Crippen LogP contribution in [-0.2, 0) is 10.0 Å². The number of hydrogen-bond acceptors (Lipinski definition) is 8. The van der Waals surface area contributed by atoms with E-state index in [1.807, 2.05) is 77.7 Å². The largest absolute Gasteiger partial charge is 0.434 e. The molecule has 0 spiro atoms. The number of primary sulfonamides is 1. The van der Waals surface area contributed by atoms with Crippen LogP contribution in [0.5, 0.6) is 5.75 Å². The zero-order chi connectivity index (χ0) is 42.9. The first-order valence-corrected chi connectivity index (χ1v) is 21.5. The second kappa shape index (κ2) is 16.9. The molecule has 5 N–H and O–H groups in total. The molecule has 8 bridgehead atoms. The van der Waals surface area contributed by atoms with Crippen molar-refractivity contribution < 1.29 is 31.8 Å². The number of rotatable bonds is 7. The quantitative estimate of drug-likeness (QED) is 0.123. The van der Waals surface area contributed by atoms with Crippen molar-refractivity contribution in [2.24, 2.45) is 11.1 Å². The van der Waals surface area contributed by atoms with Crippen LogP contribution >= 0.6 is 0 Å². The predicted molar refractivity (Wildman–Crippen MR) is 235 cm³/mol. The smallest absolute Gasteiger partial charge is 0.387 e. The summed E-state index contributed by atoms with van der Waals surface area (Å²) < 4.78 is 55.8. The van der Waals surface area contributed by atoms with E-state index < -0.39 is 22.2 Å². The summed E-state index contributed by atoms with van der Waals surface area (Å²) >= 11 is 0. The Morgan fingerprint density at radius 3 is 2.26 bits per heavy atom. The van der Waals surface area contributed by atoms with Gasteiger partial charge in [0.1, 0.15) is 10.6 Å². The Hall–Kier alpha value is -6.42. The number of para-hydroxylation sites is 1. The average molecular weight is 846 g/mol. The fourth-order valence-corrected chi connectivity index (χ4v) is 8.92. The minimum Gasteiger partial charge on any atom is -0.434 e. The highest BCUT2D eigenvalue weighted by Gasteiger charge is 2.35. The number of nitrogens with zero attached hydrogens (tertiary/aromatic N) is 4. The summed E-state index contributed by atoms with van der Waals surface area (Å²) in [5, 5.41) is 16.3. The molecule has 0 unspecified atom stereocenters. The highest BCUT2D eigenvalue weighted by Crippen LogP contribution is 2.37. The molecule has 4 aliphatic rings. The van der Waals surface area contributed by atoms with Gasteiger partial charge in [0.25, 0.3) is 5.91 Å². The van der Waals surface area contributed by atoms with Crippen molar-refractivity contribution in [3.05, 3.63) is 125 Å². The van der Waals surface area contributed by atoms with Crippen molar-refractivity contribution in [3.8, 4) is 5.75 Å². The molecule has 2 aromatic carbocycles. The number of aliphatic hydroxyl groups is 1. The molecule has 1 amide bonds. The molecule has 0 saturated carbocycles. The van der Waals surface area contributed by atoms with E-state index in [9.17, 15) is 27.1 Å². The minimum absolute atomic E-state index is 0.0458. The maximum absolute atomic E-state index is 13.2. The Labute approximate surface area is 351 Å². The molecule has 7 heterocycles. The highest BCUT2D eigenvalue weighted by molar-refractivity contribution is 7.89. The van der Waals surface area contributed by atoms with Crippen LogP contribution in [0.15, 0.2) is 95.9 Å². The van der Waals surface area contributed by atoms with E-state index in [4.69, 9.17) is 9.88 Å². The average Bonchev–Trinajstić information content (AvgIpc) is 4.04. The number of likely N-dealkylation sites (tertiary alicyclic amines) is 1. The first-order chi connectivity index (χ1) is 29.2. The van der Waals surface area contributed by atoms with Crippen molar-refractivity contribution in [3.63, 3.8) is 0 Å². The van der Waals surface area contributed by atoms with E-state index in [2.05, 4.69) is 33.8 Å². The number of halogens is 2. The number of hydrogen-bond donors (Lipinski definition) is 4. The first kappa shape index (κ1) is 41.3. The number of carbonyl (C=O) groups is 1. The molecular weight excluding hydrogens is 801 g/mol. The molecular formula is C46H45F2N7O5S. The van der Waals surface area contributed by atoms with E-state index in [0.29, 0.717) is 61.7 Å². The van der Waals surface area contributed by atoms with Crippen LogP contribution in [-0.4, -0.2) is 76.1 Å². The van der Waals surface area contributed by atoms with Crippen LogP contribution in [0.4, 0.5) is 20.2 Å². The molecule has 9 rings (SSSR count). The third-order valence-corrected chi connectivity index (χ3v) is 11.8. The second-order valence-corrected chi connectivity index (χ2v) is 17.3. The highest BCUT2D eigenvalue weighted by atomic mass is 32.2. The van der Waals surface area contributed by atoms with Crippen molar-refractivity contribution in [2.75, 3.05) is 24.5 Å². The van der Waals surface area contributed by atoms with Crippen LogP contribution in [0.2, 0.25) is 0 Å². The molecule has 5 aromatic rings. The number of nitrogens with two attached hydrogens (primary N) is 1. The van der Waals surface area contributed by atoms with Gasteiger partial charge in [-0.3, -0.25) is 4.79 Å². The summed E-state index contributed by atoms with van der Waals surface area (Å²) in [5.74, 6) is -0.143. The number of aromatic nitrogens is 4. The SMILES string of the molecule is CC(C)CC1(O)CCN(C(=O)c2ccc(N3CC=Cc4ccccc43)cc2OC(F)F)CC1.NS(=O)(=O)c1c2nc(cc3nc(cc4ccc(cc5ccc1[nH]5)[nH]4)C=C3)C=C2. The predicted octanol–water partition coefficient (Wildman–Crippen LogP) is 8.77. The maximum atomic E-state index is 13.2. The molecule has 4 aliphatic heterocycles. The number of fused-ring (bicyclic) bond motifs is 9. The Morgan fingerprint density at radius 1 is 0.852 bits per heavy atom. The van der Waals surface area contributed by atoms with Crippen LogP contribution in [0.3, 0.4) is 0 Å². The number of H-pyrrole nitrogens is 2. The van der Waals surface area contributed by atoms with Gasteiger partial charge in [0.05, 0.1) is 39.5 Å². The molecule has 15 heteroatoms. The molecule has 3 aromatic heterocycles. The molecule has 61 heavy (non-hydrogen) atoms. The zero-order valence-corrected chi connectivity index (χ0v) is 34.4. The zero-order valence-electron chi connectivity index (χ0n) is 33.6. The van der Waals surface area contributed by atoms with Gasteiger partial charge in [-0.05, 0) is 116 Å². The lowest BCUT2D eigenvalue weighted by atomic mass is 9.84. The number of benzene rings is 2. The summed E-state index contributed by atoms with van der Waals surface area (Å²) in [6.07, 6.45) is 12.8. The second-order valence-electron chi connectivity index (χ2n) is 15.8. The molecule has 0 radical (unpaired) electrons. The number of aromatic amines is 2. The third-order valence-electron chi connectivity index (χ3n) is 10.8. The van der Waals surface area contributed by atoms with Gasteiger partial charge in [0, 0.05) is 53.6 Å². The normalized spacial score (nSPS) is 15.5. The summed E-state index contributed by atoms with van der Waals surface area (Å²) in [6.45, 7) is 2.41. The van der Waals surface area contributed by atoms with E-state index in [1.54, 1.807) is 47.4 Å². The number of alkyl halides is 2. The molecule has 314 valence electrons. The minimum atomic E-state index is -4.00. The summed E-state index contributed by atoms with van der Waals surface area (Å²) in [5.41, 5.74) is 7.34. The topological polar surface area (TPSA) is 171 Å². The monoisotopic (exact) mass is 845 g/mol. The van der Waals surface area contributed by atoms with E-state index >= 15 is 0 Å². The van der Waals surface area contributed by atoms with Crippen molar-refractivity contribution in [1.29, 1.82) is 0 Å². The molecule has 1 saturated heterocycles. The van der Waals surface area contributed by atoms with Gasteiger partial charge in [-0.25, -0.2) is 23.5 Å². The van der Waals surface area contributed by atoms with Crippen molar-refractivity contribution in [2.45, 2.75) is 50.2 Å². The Bertz CT molecular complexity index is 2860. The number of anilines is 2. The van der Waals surface area contributed by atoms with Gasteiger partial charge in [-0.2, -0.15) is 8.78 Å². The lowest BCUT2D eigenvalue weighted by Gasteiger charge is -2.39. The van der Waals surface area contributed by atoms with Crippen molar-refractivity contribution >= 4 is 79.8 Å². The van der Waals surface area contributed by atoms with Gasteiger partial charge in [0.15, 0.2) is 0 Å². The number of nitrogens with one attached hydrogen (secondary N) is 2. The summed E-state index contributed by atoms with van der Waals surface area (Å²) in [4.78, 5) is 32.2. The molecule has 1 fully saturated rings.